The number of nitrogens with one attached hydrogen (secondary N) is 1. The Bertz CT molecular complexity index is 806. The van der Waals surface area contributed by atoms with Crippen molar-refractivity contribution in [1.82, 2.24) is 9.03 Å². The molecule has 0 aromatic heterocycles. The Labute approximate surface area is 149 Å². The van der Waals surface area contributed by atoms with Gasteiger partial charge < -0.3 is 4.74 Å². The molecule has 3 rings (SSSR count). The number of methoxy groups -OCH3 is 1. The SMILES string of the molecule is COCCC1(NS(=O)(=O)c2ccccc2)CCN(S(=O)(=O)C2CC2)C1. The molecule has 0 radical (unpaired) electrons. The van der Waals surface area contributed by atoms with Crippen molar-refractivity contribution in [3.8, 4) is 0 Å². The third-order valence-corrected chi connectivity index (χ3v) is 8.75. The molecule has 1 aliphatic carbocycles. The van der Waals surface area contributed by atoms with Gasteiger partial charge in [-0.15, -0.1) is 0 Å². The molecule has 140 valence electrons. The second-order valence-electron chi connectivity index (χ2n) is 6.77. The van der Waals surface area contributed by atoms with Gasteiger partial charge in [-0.05, 0) is 37.8 Å². The van der Waals surface area contributed by atoms with Crippen LogP contribution in [0.1, 0.15) is 25.7 Å². The van der Waals surface area contributed by atoms with E-state index in [0.29, 0.717) is 38.8 Å². The van der Waals surface area contributed by atoms with Gasteiger partial charge >= 0.3 is 0 Å². The summed E-state index contributed by atoms with van der Waals surface area (Å²) in [4.78, 5) is 0.176. The number of nitrogens with zero attached hydrogens (tertiary/aromatic N) is 1. The summed E-state index contributed by atoms with van der Waals surface area (Å²) in [6.45, 7) is 0.843. The molecule has 2 aliphatic rings. The Hall–Kier alpha value is -1.00. The Morgan fingerprint density at radius 2 is 1.88 bits per heavy atom. The molecule has 9 heteroatoms. The van der Waals surface area contributed by atoms with Crippen molar-refractivity contribution in [2.75, 3.05) is 26.8 Å². The van der Waals surface area contributed by atoms with Gasteiger partial charge in [0.2, 0.25) is 20.0 Å². The van der Waals surface area contributed by atoms with Gasteiger partial charge in [-0.2, -0.15) is 4.31 Å². The van der Waals surface area contributed by atoms with Gasteiger partial charge in [-0.3, -0.25) is 0 Å². The predicted molar refractivity (Wildman–Crippen MR) is 94.1 cm³/mol. The predicted octanol–water partition coefficient (Wildman–Crippen LogP) is 0.938. The van der Waals surface area contributed by atoms with Gasteiger partial charge in [-0.25, -0.2) is 21.6 Å². The van der Waals surface area contributed by atoms with Crippen LogP contribution in [0.3, 0.4) is 0 Å². The highest BCUT2D eigenvalue weighted by Crippen LogP contribution is 2.36. The monoisotopic (exact) mass is 388 g/mol. The third kappa shape index (κ3) is 4.06. The Kier molecular flexibility index (Phi) is 5.23. The first-order chi connectivity index (χ1) is 11.8. The molecule has 1 heterocycles. The fourth-order valence-corrected chi connectivity index (χ4v) is 6.61. The summed E-state index contributed by atoms with van der Waals surface area (Å²) in [7, 11) is -5.51. The van der Waals surface area contributed by atoms with Crippen LogP contribution in [0.15, 0.2) is 35.2 Å². The maximum atomic E-state index is 12.7. The second-order valence-corrected chi connectivity index (χ2v) is 10.7. The molecule has 1 aliphatic heterocycles. The molecule has 1 aromatic carbocycles. The molecular weight excluding hydrogens is 364 g/mol. The van der Waals surface area contributed by atoms with Gasteiger partial charge in [0.1, 0.15) is 0 Å². The Balaban J connectivity index is 1.83. The number of sulfonamides is 2. The third-order valence-electron chi connectivity index (χ3n) is 4.81. The molecule has 7 nitrogen and oxygen atoms in total. The highest BCUT2D eigenvalue weighted by Gasteiger charge is 2.49. The van der Waals surface area contributed by atoms with Crippen molar-refractivity contribution < 1.29 is 21.6 Å². The Morgan fingerprint density at radius 3 is 2.48 bits per heavy atom. The zero-order valence-corrected chi connectivity index (χ0v) is 15.9. The average molecular weight is 389 g/mol. The summed E-state index contributed by atoms with van der Waals surface area (Å²) in [5.74, 6) is 0. The molecule has 1 unspecified atom stereocenters. The summed E-state index contributed by atoms with van der Waals surface area (Å²) < 4.78 is 59.8. The molecule has 2 fully saturated rings. The van der Waals surface area contributed by atoms with Crippen LogP contribution in [0.25, 0.3) is 0 Å². The van der Waals surface area contributed by atoms with Crippen molar-refractivity contribution in [2.24, 2.45) is 0 Å². The van der Waals surface area contributed by atoms with Crippen LogP contribution < -0.4 is 4.72 Å². The van der Waals surface area contributed by atoms with Gasteiger partial charge in [-0.1, -0.05) is 18.2 Å². The lowest BCUT2D eigenvalue weighted by Crippen LogP contribution is -2.51. The summed E-state index contributed by atoms with van der Waals surface area (Å²) in [5, 5.41) is -0.295. The van der Waals surface area contributed by atoms with Crippen LogP contribution in [-0.4, -0.2) is 58.7 Å². The molecule has 1 saturated heterocycles. The lowest BCUT2D eigenvalue weighted by molar-refractivity contribution is 0.165. The fourth-order valence-electron chi connectivity index (χ4n) is 3.21. The molecule has 1 N–H and O–H groups in total. The average Bonchev–Trinajstić information content (AvgIpc) is 3.36. The van der Waals surface area contributed by atoms with E-state index in [1.807, 2.05) is 0 Å². The van der Waals surface area contributed by atoms with Crippen LogP contribution in [0, 0.1) is 0 Å². The van der Waals surface area contributed by atoms with Crippen LogP contribution in [0.5, 0.6) is 0 Å². The van der Waals surface area contributed by atoms with E-state index in [1.54, 1.807) is 25.3 Å². The topological polar surface area (TPSA) is 92.8 Å². The molecule has 0 bridgehead atoms. The van der Waals surface area contributed by atoms with Crippen LogP contribution >= 0.6 is 0 Å². The van der Waals surface area contributed by atoms with Gasteiger partial charge in [0.15, 0.2) is 0 Å². The van der Waals surface area contributed by atoms with Gasteiger partial charge in [0.25, 0.3) is 0 Å². The largest absolute Gasteiger partial charge is 0.385 e. The van der Waals surface area contributed by atoms with Crippen molar-refractivity contribution in [3.63, 3.8) is 0 Å². The number of rotatable bonds is 8. The number of benzene rings is 1. The fraction of sp³-hybridized carbons (Fsp3) is 0.625. The quantitative estimate of drug-likeness (QED) is 0.715. The molecule has 0 amide bonds. The van der Waals surface area contributed by atoms with Crippen LogP contribution in [-0.2, 0) is 24.8 Å². The standard InChI is InChI=1S/C16H24N2O5S2/c1-23-12-10-16(17-24(19,20)14-5-3-2-4-6-14)9-11-18(13-16)25(21,22)15-7-8-15/h2-6,15,17H,7-13H2,1H3. The minimum atomic E-state index is -3.73. The molecule has 1 aromatic rings. The molecular formula is C16H24N2O5S2. The lowest BCUT2D eigenvalue weighted by atomic mass is 9.96. The zero-order valence-electron chi connectivity index (χ0n) is 14.2. The van der Waals surface area contributed by atoms with E-state index in [9.17, 15) is 16.8 Å². The maximum absolute atomic E-state index is 12.7. The summed E-state index contributed by atoms with van der Waals surface area (Å²) in [6.07, 6.45) is 2.25. The van der Waals surface area contributed by atoms with Crippen molar-refractivity contribution in [1.29, 1.82) is 0 Å². The van der Waals surface area contributed by atoms with Crippen molar-refractivity contribution >= 4 is 20.0 Å². The minimum Gasteiger partial charge on any atom is -0.385 e. The molecule has 25 heavy (non-hydrogen) atoms. The number of hydrogen-bond donors (Lipinski definition) is 1. The zero-order chi connectivity index (χ0) is 18.1. The molecule has 0 spiro atoms. The number of ether oxygens (including phenoxy) is 1. The smallest absolute Gasteiger partial charge is 0.241 e. The van der Waals surface area contributed by atoms with E-state index in [4.69, 9.17) is 4.74 Å². The van der Waals surface area contributed by atoms with E-state index in [2.05, 4.69) is 4.72 Å². The Morgan fingerprint density at radius 1 is 1.20 bits per heavy atom. The van der Waals surface area contributed by atoms with Crippen molar-refractivity contribution in [2.45, 2.75) is 41.4 Å². The summed E-state index contributed by atoms with van der Waals surface area (Å²) >= 11 is 0. The first kappa shape index (κ1) is 18.8. The number of hydrogen-bond acceptors (Lipinski definition) is 5. The maximum Gasteiger partial charge on any atom is 0.241 e. The second kappa shape index (κ2) is 6.96. The highest BCUT2D eigenvalue weighted by molar-refractivity contribution is 7.90. The first-order valence-corrected chi connectivity index (χ1v) is 11.3. The van der Waals surface area contributed by atoms with E-state index >= 15 is 0 Å². The van der Waals surface area contributed by atoms with E-state index in [0.717, 1.165) is 0 Å². The molecule has 1 atom stereocenters. The van der Waals surface area contributed by atoms with E-state index in [1.165, 1.54) is 16.4 Å². The van der Waals surface area contributed by atoms with E-state index in [-0.39, 0.29) is 16.7 Å². The molecule has 1 saturated carbocycles. The van der Waals surface area contributed by atoms with Crippen LogP contribution in [0.2, 0.25) is 0 Å². The van der Waals surface area contributed by atoms with Crippen molar-refractivity contribution in [3.05, 3.63) is 30.3 Å². The lowest BCUT2D eigenvalue weighted by Gasteiger charge is -2.30. The first-order valence-electron chi connectivity index (χ1n) is 8.36. The summed E-state index contributed by atoms with van der Waals surface area (Å²) in [5.41, 5.74) is -0.841. The normalized spacial score (nSPS) is 25.3. The minimum absolute atomic E-state index is 0.154. The van der Waals surface area contributed by atoms with Gasteiger partial charge in [0, 0.05) is 26.8 Å². The van der Waals surface area contributed by atoms with Gasteiger partial charge in [0.05, 0.1) is 15.7 Å². The van der Waals surface area contributed by atoms with E-state index < -0.39 is 25.6 Å². The highest BCUT2D eigenvalue weighted by atomic mass is 32.2. The summed E-state index contributed by atoms with van der Waals surface area (Å²) in [6, 6.07) is 8.13. The van der Waals surface area contributed by atoms with Crippen LogP contribution in [0.4, 0.5) is 0 Å².